The minimum atomic E-state index is 0.578. The van der Waals surface area contributed by atoms with Gasteiger partial charge in [0.1, 0.15) is 5.75 Å². The van der Waals surface area contributed by atoms with Crippen LogP contribution in [0.4, 0.5) is 0 Å². The second-order valence-corrected chi connectivity index (χ2v) is 5.62. The fraction of sp³-hybridized carbons (Fsp3) is 0.188. The van der Waals surface area contributed by atoms with Crippen molar-refractivity contribution in [1.29, 1.82) is 0 Å². The number of halogens is 2. The van der Waals surface area contributed by atoms with E-state index in [1.165, 1.54) is 0 Å². The third-order valence-electron chi connectivity index (χ3n) is 2.79. The van der Waals surface area contributed by atoms with Crippen LogP contribution in [0.3, 0.4) is 0 Å². The molecule has 0 fully saturated rings. The number of nitrogens with zero attached hydrogens (tertiary/aromatic N) is 1. The maximum absolute atomic E-state index is 6.09. The zero-order chi connectivity index (χ0) is 15.1. The van der Waals surface area contributed by atoms with Gasteiger partial charge in [-0.15, -0.1) is 0 Å². The van der Waals surface area contributed by atoms with Crippen molar-refractivity contribution in [2.75, 3.05) is 6.61 Å². The first kappa shape index (κ1) is 15.9. The second-order valence-electron chi connectivity index (χ2n) is 4.30. The maximum atomic E-state index is 6.09. The molecule has 0 bridgehead atoms. The van der Waals surface area contributed by atoms with Gasteiger partial charge in [0.25, 0.3) is 0 Å². The molecule has 0 saturated carbocycles. The normalized spacial score (nSPS) is 10.8. The molecule has 3 nitrogen and oxygen atoms in total. The van der Waals surface area contributed by atoms with Crippen molar-refractivity contribution in [3.05, 3.63) is 63.1 Å². The van der Waals surface area contributed by atoms with Gasteiger partial charge in [-0.25, -0.2) is 0 Å². The van der Waals surface area contributed by atoms with Crippen molar-refractivity contribution in [2.45, 2.75) is 13.5 Å². The number of rotatable bonds is 6. The van der Waals surface area contributed by atoms with Crippen molar-refractivity contribution in [1.82, 2.24) is 5.43 Å². The Kier molecular flexibility index (Phi) is 6.08. The van der Waals surface area contributed by atoms with Crippen molar-refractivity contribution in [2.24, 2.45) is 5.10 Å². The molecule has 0 atom stereocenters. The van der Waals surface area contributed by atoms with E-state index in [2.05, 4.69) is 26.5 Å². The topological polar surface area (TPSA) is 33.6 Å². The van der Waals surface area contributed by atoms with Crippen LogP contribution in [0.15, 0.2) is 52.0 Å². The molecule has 2 rings (SSSR count). The Labute approximate surface area is 138 Å². The molecule has 0 aliphatic rings. The average molecular weight is 368 g/mol. The predicted molar refractivity (Wildman–Crippen MR) is 91.2 cm³/mol. The van der Waals surface area contributed by atoms with E-state index < -0.39 is 0 Å². The first-order chi connectivity index (χ1) is 10.2. The zero-order valence-electron chi connectivity index (χ0n) is 11.6. The summed E-state index contributed by atoms with van der Waals surface area (Å²) in [6, 6.07) is 13.5. The SMILES string of the molecule is CCOc1ccc(Br)cc1/C=N\NCc1ccccc1Cl. The molecule has 110 valence electrons. The number of hydrogen-bond acceptors (Lipinski definition) is 3. The van der Waals surface area contributed by atoms with Crippen LogP contribution >= 0.6 is 27.5 Å². The van der Waals surface area contributed by atoms with Crippen LogP contribution in [-0.2, 0) is 6.54 Å². The van der Waals surface area contributed by atoms with E-state index in [0.29, 0.717) is 13.2 Å². The lowest BCUT2D eigenvalue weighted by Crippen LogP contribution is -2.06. The van der Waals surface area contributed by atoms with E-state index >= 15 is 0 Å². The molecule has 1 N–H and O–H groups in total. The first-order valence-corrected chi connectivity index (χ1v) is 7.79. The summed E-state index contributed by atoms with van der Waals surface area (Å²) in [5, 5.41) is 4.96. The number of benzene rings is 2. The van der Waals surface area contributed by atoms with E-state index in [0.717, 1.165) is 26.4 Å². The van der Waals surface area contributed by atoms with Crippen molar-refractivity contribution in [3.8, 4) is 5.75 Å². The van der Waals surface area contributed by atoms with E-state index in [1.54, 1.807) is 6.21 Å². The van der Waals surface area contributed by atoms with Gasteiger partial charge in [0.05, 0.1) is 19.4 Å². The van der Waals surface area contributed by atoms with Crippen LogP contribution in [0, 0.1) is 0 Å². The Morgan fingerprint density at radius 3 is 2.86 bits per heavy atom. The van der Waals surface area contributed by atoms with Crippen molar-refractivity contribution in [3.63, 3.8) is 0 Å². The summed E-state index contributed by atoms with van der Waals surface area (Å²) in [5.41, 5.74) is 4.92. The minimum Gasteiger partial charge on any atom is -0.493 e. The molecule has 0 aromatic heterocycles. The molecule has 0 amide bonds. The highest BCUT2D eigenvalue weighted by Crippen LogP contribution is 2.21. The zero-order valence-corrected chi connectivity index (χ0v) is 14.0. The van der Waals surface area contributed by atoms with Gasteiger partial charge < -0.3 is 10.2 Å². The fourth-order valence-electron chi connectivity index (χ4n) is 1.79. The van der Waals surface area contributed by atoms with Crippen molar-refractivity contribution < 1.29 is 4.74 Å². The summed E-state index contributed by atoms with van der Waals surface area (Å²) in [6.45, 7) is 3.16. The Bertz CT molecular complexity index is 631. The third-order valence-corrected chi connectivity index (χ3v) is 3.66. The lowest BCUT2D eigenvalue weighted by atomic mass is 10.2. The fourth-order valence-corrected chi connectivity index (χ4v) is 2.38. The summed E-state index contributed by atoms with van der Waals surface area (Å²) < 4.78 is 6.55. The lowest BCUT2D eigenvalue weighted by Gasteiger charge is -2.07. The van der Waals surface area contributed by atoms with Crippen molar-refractivity contribution >= 4 is 33.7 Å². The smallest absolute Gasteiger partial charge is 0.128 e. The first-order valence-electron chi connectivity index (χ1n) is 6.62. The molecule has 0 heterocycles. The molecule has 0 aliphatic carbocycles. The van der Waals surface area contributed by atoms with Gasteiger partial charge in [-0.3, -0.25) is 0 Å². The quantitative estimate of drug-likeness (QED) is 0.597. The summed E-state index contributed by atoms with van der Waals surface area (Å²) in [5.74, 6) is 0.809. The summed E-state index contributed by atoms with van der Waals surface area (Å²) >= 11 is 9.54. The summed E-state index contributed by atoms with van der Waals surface area (Å²) in [4.78, 5) is 0. The largest absolute Gasteiger partial charge is 0.493 e. The maximum Gasteiger partial charge on any atom is 0.128 e. The molecular formula is C16H16BrClN2O. The average Bonchev–Trinajstić information content (AvgIpc) is 2.48. The van der Waals surface area contributed by atoms with Crippen LogP contribution in [0.2, 0.25) is 5.02 Å². The minimum absolute atomic E-state index is 0.578. The highest BCUT2D eigenvalue weighted by molar-refractivity contribution is 9.10. The molecule has 2 aromatic rings. The molecule has 21 heavy (non-hydrogen) atoms. The van der Waals surface area contributed by atoms with Gasteiger partial charge in [0, 0.05) is 15.1 Å². The number of nitrogens with one attached hydrogen (secondary N) is 1. The van der Waals surface area contributed by atoms with Crippen LogP contribution in [0.25, 0.3) is 0 Å². The van der Waals surface area contributed by atoms with Gasteiger partial charge in [-0.1, -0.05) is 45.7 Å². The Morgan fingerprint density at radius 1 is 1.29 bits per heavy atom. The standard InChI is InChI=1S/C16H16BrClN2O/c1-2-21-16-8-7-14(17)9-13(16)11-20-19-10-12-5-3-4-6-15(12)18/h3-9,11,19H,2,10H2,1H3/b20-11-. The molecule has 0 saturated heterocycles. The monoisotopic (exact) mass is 366 g/mol. The number of hydrazone groups is 1. The van der Waals surface area contributed by atoms with Gasteiger partial charge in [0.2, 0.25) is 0 Å². The van der Waals surface area contributed by atoms with E-state index in [1.807, 2.05) is 49.4 Å². The molecular weight excluding hydrogens is 352 g/mol. The van der Waals surface area contributed by atoms with Gasteiger partial charge in [-0.2, -0.15) is 5.10 Å². The van der Waals surface area contributed by atoms with Gasteiger partial charge in [-0.05, 0) is 36.8 Å². The molecule has 0 aliphatic heterocycles. The lowest BCUT2D eigenvalue weighted by molar-refractivity contribution is 0.339. The summed E-state index contributed by atoms with van der Waals surface area (Å²) in [7, 11) is 0. The predicted octanol–water partition coefficient (Wildman–Crippen LogP) is 4.62. The second kappa shape index (κ2) is 8.05. The Morgan fingerprint density at radius 2 is 2.10 bits per heavy atom. The van der Waals surface area contributed by atoms with Crippen LogP contribution < -0.4 is 10.2 Å². The number of hydrogen-bond donors (Lipinski definition) is 1. The Balaban J connectivity index is 2.01. The summed E-state index contributed by atoms with van der Waals surface area (Å²) in [6.07, 6.45) is 1.74. The van der Waals surface area contributed by atoms with E-state index in [-0.39, 0.29) is 0 Å². The molecule has 0 unspecified atom stereocenters. The van der Waals surface area contributed by atoms with E-state index in [9.17, 15) is 0 Å². The Hall–Kier alpha value is -1.52. The van der Waals surface area contributed by atoms with Gasteiger partial charge >= 0.3 is 0 Å². The molecule has 5 heteroatoms. The molecule has 0 spiro atoms. The molecule has 0 radical (unpaired) electrons. The van der Waals surface area contributed by atoms with Crippen LogP contribution in [0.1, 0.15) is 18.1 Å². The van der Waals surface area contributed by atoms with Crippen LogP contribution in [-0.4, -0.2) is 12.8 Å². The van der Waals surface area contributed by atoms with E-state index in [4.69, 9.17) is 16.3 Å². The molecule has 2 aromatic carbocycles. The van der Waals surface area contributed by atoms with Gasteiger partial charge in [0.15, 0.2) is 0 Å². The highest BCUT2D eigenvalue weighted by Gasteiger charge is 2.02. The highest BCUT2D eigenvalue weighted by atomic mass is 79.9. The third kappa shape index (κ3) is 4.76. The number of ether oxygens (including phenoxy) is 1. The van der Waals surface area contributed by atoms with Crippen LogP contribution in [0.5, 0.6) is 5.75 Å².